The molecule has 2 aromatic rings. The maximum Gasteiger partial charge on any atom is 0.257 e. The molecule has 1 aliphatic heterocycles. The minimum atomic E-state index is -1.40. The van der Waals surface area contributed by atoms with Gasteiger partial charge in [0.05, 0.1) is 29.5 Å². The molecule has 0 radical (unpaired) electrons. The first kappa shape index (κ1) is 21.6. The van der Waals surface area contributed by atoms with Gasteiger partial charge in [0, 0.05) is 6.54 Å². The number of fused-ring (bicyclic) bond motifs is 1. The number of nitrogens with two attached hydrogens (primary N) is 1. The van der Waals surface area contributed by atoms with Crippen LogP contribution in [0.1, 0.15) is 46.8 Å². The smallest absolute Gasteiger partial charge is 0.257 e. The minimum absolute atomic E-state index is 0.0287. The second-order valence-electron chi connectivity index (χ2n) is 7.82. The second kappa shape index (κ2) is 8.12. The van der Waals surface area contributed by atoms with E-state index >= 15 is 0 Å². The molecule has 0 saturated carbocycles. The minimum Gasteiger partial charge on any atom is -0.464 e. The van der Waals surface area contributed by atoms with Gasteiger partial charge in [-0.3, -0.25) is 14.4 Å². The molecule has 1 aromatic carbocycles. The van der Waals surface area contributed by atoms with Gasteiger partial charge in [0.1, 0.15) is 23.0 Å². The summed E-state index contributed by atoms with van der Waals surface area (Å²) in [5, 5.41) is 16.0. The van der Waals surface area contributed by atoms with Crippen molar-refractivity contribution < 1.29 is 28.3 Å². The third kappa shape index (κ3) is 3.62. The topological polar surface area (TPSA) is 138 Å². The molecule has 0 bridgehead atoms. The van der Waals surface area contributed by atoms with Crippen LogP contribution >= 0.6 is 0 Å². The summed E-state index contributed by atoms with van der Waals surface area (Å²) in [7, 11) is 0. The molecule has 4 rings (SSSR count). The molecule has 9 nitrogen and oxygen atoms in total. The number of hydrogen-bond donors (Lipinski definition) is 4. The molecule has 0 spiro atoms. The summed E-state index contributed by atoms with van der Waals surface area (Å²) in [6, 6.07) is 5.91. The fourth-order valence-corrected chi connectivity index (χ4v) is 3.94. The first-order chi connectivity index (χ1) is 15.2. The number of primary amides is 1. The van der Waals surface area contributed by atoms with Crippen LogP contribution in [-0.2, 0) is 16.1 Å². The van der Waals surface area contributed by atoms with E-state index in [1.165, 1.54) is 17.0 Å². The lowest BCUT2D eigenvalue weighted by Gasteiger charge is -2.32. The quantitative estimate of drug-likeness (QED) is 0.486. The zero-order valence-corrected chi connectivity index (χ0v) is 17.6. The van der Waals surface area contributed by atoms with E-state index < -0.39 is 29.5 Å². The van der Waals surface area contributed by atoms with Gasteiger partial charge in [0.15, 0.2) is 6.10 Å². The molecule has 0 saturated heterocycles. The average Bonchev–Trinajstić information content (AvgIpc) is 3.31. The van der Waals surface area contributed by atoms with Gasteiger partial charge in [-0.15, -0.1) is 0 Å². The molecule has 32 heavy (non-hydrogen) atoms. The van der Waals surface area contributed by atoms with Crippen LogP contribution in [0, 0.1) is 12.7 Å². The van der Waals surface area contributed by atoms with Crippen molar-refractivity contribution in [2.75, 3.05) is 11.9 Å². The Kier molecular flexibility index (Phi) is 5.47. The van der Waals surface area contributed by atoms with E-state index in [0.29, 0.717) is 17.7 Å². The molecule has 2 aliphatic rings. The third-order valence-electron chi connectivity index (χ3n) is 5.58. The van der Waals surface area contributed by atoms with E-state index in [1.54, 1.807) is 6.07 Å². The summed E-state index contributed by atoms with van der Waals surface area (Å²) in [6.07, 6.45) is -0.801. The van der Waals surface area contributed by atoms with Gasteiger partial charge < -0.3 is 30.8 Å². The van der Waals surface area contributed by atoms with Crippen molar-refractivity contribution in [2.24, 2.45) is 5.73 Å². The number of amides is 2. The normalized spacial score (nSPS) is 18.5. The predicted octanol–water partition coefficient (Wildman–Crippen LogP) is 1.48. The highest BCUT2D eigenvalue weighted by Crippen LogP contribution is 2.35. The number of Topliss-reactive ketones (excluding diaryl/α,β-unsaturated/α-hetero) is 1. The zero-order valence-electron chi connectivity index (χ0n) is 17.6. The van der Waals surface area contributed by atoms with E-state index in [0.717, 1.165) is 5.76 Å². The number of nitrogens with one attached hydrogen (secondary N) is 2. The van der Waals surface area contributed by atoms with Crippen LogP contribution in [0.25, 0.3) is 0 Å². The van der Waals surface area contributed by atoms with E-state index in [2.05, 4.69) is 10.6 Å². The Bertz CT molecular complexity index is 1160. The van der Waals surface area contributed by atoms with Crippen molar-refractivity contribution in [1.29, 1.82) is 0 Å². The number of furan rings is 1. The Morgan fingerprint density at radius 1 is 1.34 bits per heavy atom. The Morgan fingerprint density at radius 2 is 2.09 bits per heavy atom. The van der Waals surface area contributed by atoms with Crippen LogP contribution < -0.4 is 16.4 Å². The van der Waals surface area contributed by atoms with Crippen molar-refractivity contribution in [1.82, 2.24) is 10.2 Å². The number of benzene rings is 1. The van der Waals surface area contributed by atoms with Gasteiger partial charge in [0.2, 0.25) is 11.7 Å². The monoisotopic (exact) mass is 442 g/mol. The van der Waals surface area contributed by atoms with Crippen molar-refractivity contribution in [2.45, 2.75) is 39.0 Å². The number of carbonyl (C=O) groups excluding carboxylic acids is 3. The highest BCUT2D eigenvalue weighted by atomic mass is 19.1. The van der Waals surface area contributed by atoms with Gasteiger partial charge in [-0.2, -0.15) is 0 Å². The van der Waals surface area contributed by atoms with Gasteiger partial charge in [-0.05, 0) is 37.1 Å². The van der Waals surface area contributed by atoms with E-state index in [9.17, 15) is 23.9 Å². The molecule has 0 fully saturated rings. The number of hydrogen-bond acceptors (Lipinski definition) is 7. The maximum absolute atomic E-state index is 14.7. The largest absolute Gasteiger partial charge is 0.464 e. The molecule has 168 valence electrons. The molecule has 10 heteroatoms. The first-order valence-electron chi connectivity index (χ1n) is 10.2. The summed E-state index contributed by atoms with van der Waals surface area (Å²) in [5.41, 5.74) is 5.69. The van der Waals surface area contributed by atoms with Crippen molar-refractivity contribution in [3.8, 4) is 0 Å². The van der Waals surface area contributed by atoms with Crippen LogP contribution in [0.15, 0.2) is 40.1 Å². The number of aliphatic hydroxyl groups is 1. The van der Waals surface area contributed by atoms with Crippen LogP contribution in [0.2, 0.25) is 0 Å². The molecular weight excluding hydrogens is 419 g/mol. The second-order valence-corrected chi connectivity index (χ2v) is 7.82. The number of rotatable bonds is 8. The van der Waals surface area contributed by atoms with Gasteiger partial charge in [-0.25, -0.2) is 4.39 Å². The molecule has 1 aliphatic carbocycles. The Hall–Kier alpha value is -3.66. The molecule has 2 amide bonds. The predicted molar refractivity (Wildman–Crippen MR) is 112 cm³/mol. The fourth-order valence-electron chi connectivity index (χ4n) is 3.94. The molecule has 5 N–H and O–H groups in total. The Morgan fingerprint density at radius 3 is 2.72 bits per heavy atom. The van der Waals surface area contributed by atoms with Crippen molar-refractivity contribution >= 4 is 23.3 Å². The maximum atomic E-state index is 14.7. The molecule has 2 atom stereocenters. The molecule has 1 aromatic heterocycles. The number of nitrogens with zero attached hydrogens (tertiary/aromatic N) is 1. The van der Waals surface area contributed by atoms with Crippen LogP contribution in [0.5, 0.6) is 0 Å². The number of ketones is 1. The third-order valence-corrected chi connectivity index (χ3v) is 5.58. The number of anilines is 1. The summed E-state index contributed by atoms with van der Waals surface area (Å²) >= 11 is 0. The van der Waals surface area contributed by atoms with Crippen LogP contribution in [0.4, 0.5) is 10.1 Å². The number of aliphatic hydroxyl groups excluding tert-OH is 1. The summed E-state index contributed by atoms with van der Waals surface area (Å²) in [5.74, 6) is -1.28. The number of halogens is 1. The van der Waals surface area contributed by atoms with E-state index in [-0.39, 0.29) is 41.8 Å². The summed E-state index contributed by atoms with van der Waals surface area (Å²) in [6.45, 7) is 3.51. The lowest BCUT2D eigenvalue weighted by atomic mass is 9.93. The molecular formula is C22H23FN4O5. The van der Waals surface area contributed by atoms with Crippen molar-refractivity contribution in [3.05, 3.63) is 64.1 Å². The SMILES string of the molecule is CC[C@@H](NC1=C(Nc2c(F)ccc3c2C(=O)N(CC(N)=O)C3)C(=O)C1O)c1ccc(C)o1. The zero-order chi connectivity index (χ0) is 23.2. The summed E-state index contributed by atoms with van der Waals surface area (Å²) < 4.78 is 20.4. The van der Waals surface area contributed by atoms with Gasteiger partial charge in [0.25, 0.3) is 5.91 Å². The fraction of sp³-hybridized carbons (Fsp3) is 0.318. The Balaban J connectivity index is 1.66. The first-order valence-corrected chi connectivity index (χ1v) is 10.2. The number of aryl methyl sites for hydroxylation is 1. The lowest BCUT2D eigenvalue weighted by Crippen LogP contribution is -2.46. The van der Waals surface area contributed by atoms with Gasteiger partial charge in [-0.1, -0.05) is 13.0 Å². The summed E-state index contributed by atoms with van der Waals surface area (Å²) in [4.78, 5) is 37.6. The van der Waals surface area contributed by atoms with Crippen LogP contribution in [0.3, 0.4) is 0 Å². The lowest BCUT2D eigenvalue weighted by molar-refractivity contribution is -0.124. The van der Waals surface area contributed by atoms with E-state index in [4.69, 9.17) is 10.2 Å². The average molecular weight is 442 g/mol. The number of carbonyl (C=O) groups is 3. The van der Waals surface area contributed by atoms with Gasteiger partial charge >= 0.3 is 0 Å². The highest BCUT2D eigenvalue weighted by Gasteiger charge is 2.41. The van der Waals surface area contributed by atoms with Crippen LogP contribution in [-0.4, -0.2) is 40.3 Å². The van der Waals surface area contributed by atoms with E-state index in [1.807, 2.05) is 19.9 Å². The standard InChI is InChI=1S/C22H23FN4O5/c1-3-13(14-7-4-10(2)32-14)25-18-19(21(30)20(18)29)26-17-12(23)6-5-11-8-27(9-15(24)28)22(31)16(11)17/h4-7,13,20,25-26,29H,3,8-9H2,1-2H3,(H2,24,28)/t13-,20?/m1/s1. The molecule has 1 unspecified atom stereocenters. The Labute approximate surface area is 183 Å². The molecule has 2 heterocycles. The van der Waals surface area contributed by atoms with Crippen molar-refractivity contribution in [3.63, 3.8) is 0 Å². The highest BCUT2D eigenvalue weighted by molar-refractivity contribution is 6.12.